The second kappa shape index (κ2) is 11.0. The van der Waals surface area contributed by atoms with Crippen LogP contribution in [0.2, 0.25) is 0 Å². The third kappa shape index (κ3) is 15.1. The molecule has 0 saturated heterocycles. The molecular formula is C13H28N2O4. The maximum absolute atomic E-state index is 11.3. The summed E-state index contributed by atoms with van der Waals surface area (Å²) in [7, 11) is 0. The molecule has 0 aliphatic carbocycles. The van der Waals surface area contributed by atoms with Crippen molar-refractivity contribution in [2.75, 3.05) is 39.5 Å². The van der Waals surface area contributed by atoms with E-state index in [2.05, 4.69) is 5.32 Å². The van der Waals surface area contributed by atoms with Crippen LogP contribution in [0.3, 0.4) is 0 Å². The monoisotopic (exact) mass is 276 g/mol. The van der Waals surface area contributed by atoms with E-state index in [0.717, 1.165) is 19.4 Å². The van der Waals surface area contributed by atoms with Crippen LogP contribution < -0.4 is 11.1 Å². The van der Waals surface area contributed by atoms with Gasteiger partial charge >= 0.3 is 6.09 Å². The van der Waals surface area contributed by atoms with E-state index >= 15 is 0 Å². The van der Waals surface area contributed by atoms with Crippen molar-refractivity contribution in [2.24, 2.45) is 5.73 Å². The Balaban J connectivity index is 3.21. The highest BCUT2D eigenvalue weighted by Gasteiger charge is 2.15. The highest BCUT2D eigenvalue weighted by Crippen LogP contribution is 2.05. The van der Waals surface area contributed by atoms with Gasteiger partial charge in [0.15, 0.2) is 0 Å². The minimum atomic E-state index is -0.470. The second-order valence-corrected chi connectivity index (χ2v) is 5.15. The lowest BCUT2D eigenvalue weighted by Crippen LogP contribution is -2.34. The van der Waals surface area contributed by atoms with Crippen molar-refractivity contribution < 1.29 is 19.0 Å². The van der Waals surface area contributed by atoms with Crippen LogP contribution >= 0.6 is 0 Å². The van der Waals surface area contributed by atoms with Gasteiger partial charge < -0.3 is 25.3 Å². The summed E-state index contributed by atoms with van der Waals surface area (Å²) in [6, 6.07) is 0. The number of nitrogens with one attached hydrogen (secondary N) is 1. The molecule has 19 heavy (non-hydrogen) atoms. The summed E-state index contributed by atoms with van der Waals surface area (Å²) in [6.45, 7) is 8.87. The molecule has 0 unspecified atom stereocenters. The molecule has 0 saturated carbocycles. The largest absolute Gasteiger partial charge is 0.444 e. The number of hydrogen-bond acceptors (Lipinski definition) is 5. The van der Waals surface area contributed by atoms with Crippen LogP contribution in [-0.4, -0.2) is 51.2 Å². The quantitative estimate of drug-likeness (QED) is 0.587. The first-order valence-corrected chi connectivity index (χ1v) is 6.78. The lowest BCUT2D eigenvalue weighted by Gasteiger charge is -2.19. The molecule has 114 valence electrons. The Hall–Kier alpha value is -0.850. The SMILES string of the molecule is CC(C)(C)OC(=O)NCCOCCOCCCCN. The number of alkyl carbamates (subject to hydrolysis) is 1. The molecule has 0 radical (unpaired) electrons. The van der Waals surface area contributed by atoms with Crippen LogP contribution in [0.4, 0.5) is 4.79 Å². The number of carbonyl (C=O) groups excluding carboxylic acids is 1. The van der Waals surface area contributed by atoms with Gasteiger partial charge in [0.25, 0.3) is 0 Å². The van der Waals surface area contributed by atoms with Gasteiger partial charge in [-0.3, -0.25) is 0 Å². The minimum Gasteiger partial charge on any atom is -0.444 e. The van der Waals surface area contributed by atoms with E-state index in [9.17, 15) is 4.79 Å². The summed E-state index contributed by atoms with van der Waals surface area (Å²) in [4.78, 5) is 11.3. The van der Waals surface area contributed by atoms with Crippen LogP contribution in [0, 0.1) is 0 Å². The van der Waals surface area contributed by atoms with Crippen LogP contribution in [0.15, 0.2) is 0 Å². The molecule has 0 heterocycles. The van der Waals surface area contributed by atoms with Gasteiger partial charge in [-0.1, -0.05) is 0 Å². The number of unbranched alkanes of at least 4 members (excludes halogenated alkanes) is 1. The average molecular weight is 276 g/mol. The second-order valence-electron chi connectivity index (χ2n) is 5.15. The van der Waals surface area contributed by atoms with Crippen molar-refractivity contribution in [3.8, 4) is 0 Å². The third-order valence-electron chi connectivity index (χ3n) is 2.03. The van der Waals surface area contributed by atoms with Crippen LogP contribution in [0.1, 0.15) is 33.6 Å². The molecule has 0 atom stereocenters. The zero-order valence-electron chi connectivity index (χ0n) is 12.4. The summed E-state index contributed by atoms with van der Waals surface area (Å²) in [5.41, 5.74) is 4.89. The van der Waals surface area contributed by atoms with Crippen LogP contribution in [-0.2, 0) is 14.2 Å². The molecule has 6 nitrogen and oxygen atoms in total. The Morgan fingerprint density at radius 1 is 1.05 bits per heavy atom. The fraction of sp³-hybridized carbons (Fsp3) is 0.923. The van der Waals surface area contributed by atoms with Gasteiger partial charge in [0.1, 0.15) is 5.60 Å². The molecule has 0 aliphatic rings. The van der Waals surface area contributed by atoms with Gasteiger partial charge in [-0.25, -0.2) is 4.79 Å². The van der Waals surface area contributed by atoms with E-state index in [0.29, 0.717) is 32.9 Å². The molecule has 1 amide bonds. The molecule has 0 bridgehead atoms. The summed E-state index contributed by atoms with van der Waals surface area (Å²) in [5.74, 6) is 0. The molecule has 0 spiro atoms. The molecule has 0 aromatic carbocycles. The van der Waals surface area contributed by atoms with E-state index in [1.54, 1.807) is 0 Å². The lowest BCUT2D eigenvalue weighted by molar-refractivity contribution is 0.0392. The van der Waals surface area contributed by atoms with Crippen molar-refractivity contribution in [2.45, 2.75) is 39.2 Å². The topological polar surface area (TPSA) is 82.8 Å². The van der Waals surface area contributed by atoms with Crippen molar-refractivity contribution in [3.63, 3.8) is 0 Å². The van der Waals surface area contributed by atoms with Gasteiger partial charge in [0, 0.05) is 13.2 Å². The lowest BCUT2D eigenvalue weighted by atomic mass is 10.2. The van der Waals surface area contributed by atoms with Crippen molar-refractivity contribution >= 4 is 6.09 Å². The first kappa shape index (κ1) is 18.1. The number of amides is 1. The van der Waals surface area contributed by atoms with E-state index in [1.165, 1.54) is 0 Å². The molecule has 3 N–H and O–H groups in total. The van der Waals surface area contributed by atoms with E-state index in [4.69, 9.17) is 19.9 Å². The Morgan fingerprint density at radius 3 is 2.26 bits per heavy atom. The van der Waals surface area contributed by atoms with Crippen LogP contribution in [0.25, 0.3) is 0 Å². The van der Waals surface area contributed by atoms with Gasteiger partial charge in [-0.15, -0.1) is 0 Å². The number of ether oxygens (including phenoxy) is 3. The number of hydrogen-bond donors (Lipinski definition) is 2. The van der Waals surface area contributed by atoms with Gasteiger partial charge in [-0.2, -0.15) is 0 Å². The Bertz CT molecular complexity index is 229. The summed E-state index contributed by atoms with van der Waals surface area (Å²) < 4.78 is 15.7. The molecule has 0 fully saturated rings. The Labute approximate surface area is 116 Å². The molecule has 0 aliphatic heterocycles. The van der Waals surface area contributed by atoms with Crippen molar-refractivity contribution in [1.82, 2.24) is 5.32 Å². The van der Waals surface area contributed by atoms with Gasteiger partial charge in [0.05, 0.1) is 19.8 Å². The van der Waals surface area contributed by atoms with E-state index in [1.807, 2.05) is 20.8 Å². The maximum Gasteiger partial charge on any atom is 0.407 e. The summed E-state index contributed by atoms with van der Waals surface area (Å²) in [5, 5.41) is 2.62. The maximum atomic E-state index is 11.3. The Morgan fingerprint density at radius 2 is 1.68 bits per heavy atom. The normalized spacial score (nSPS) is 11.4. The Kier molecular flexibility index (Phi) is 10.5. The number of nitrogens with two attached hydrogens (primary N) is 1. The fourth-order valence-electron chi connectivity index (χ4n) is 1.21. The van der Waals surface area contributed by atoms with E-state index < -0.39 is 11.7 Å². The zero-order chi connectivity index (χ0) is 14.6. The van der Waals surface area contributed by atoms with Gasteiger partial charge in [0.2, 0.25) is 0 Å². The van der Waals surface area contributed by atoms with Crippen LogP contribution in [0.5, 0.6) is 0 Å². The minimum absolute atomic E-state index is 0.422. The molecule has 6 heteroatoms. The van der Waals surface area contributed by atoms with Crippen molar-refractivity contribution in [1.29, 1.82) is 0 Å². The first-order chi connectivity index (χ1) is 8.95. The third-order valence-corrected chi connectivity index (χ3v) is 2.03. The molecule has 0 aromatic rings. The average Bonchev–Trinajstić information content (AvgIpc) is 2.29. The highest BCUT2D eigenvalue weighted by atomic mass is 16.6. The smallest absolute Gasteiger partial charge is 0.407 e. The van der Waals surface area contributed by atoms with Gasteiger partial charge in [-0.05, 0) is 40.2 Å². The summed E-state index contributed by atoms with van der Waals surface area (Å²) >= 11 is 0. The number of rotatable bonds is 10. The molecule has 0 rings (SSSR count). The molecular weight excluding hydrogens is 248 g/mol. The fourth-order valence-corrected chi connectivity index (χ4v) is 1.21. The predicted octanol–water partition coefficient (Wildman–Crippen LogP) is 1.28. The molecule has 0 aromatic heterocycles. The number of carbonyl (C=O) groups is 1. The van der Waals surface area contributed by atoms with E-state index in [-0.39, 0.29) is 0 Å². The van der Waals surface area contributed by atoms with Crippen molar-refractivity contribution in [3.05, 3.63) is 0 Å². The standard InChI is InChI=1S/C13H28N2O4/c1-13(2,3)19-12(16)15-7-9-18-11-10-17-8-5-4-6-14/h4-11,14H2,1-3H3,(H,15,16). The predicted molar refractivity (Wildman–Crippen MR) is 74.2 cm³/mol. The first-order valence-electron chi connectivity index (χ1n) is 6.78. The highest BCUT2D eigenvalue weighted by molar-refractivity contribution is 5.67. The zero-order valence-corrected chi connectivity index (χ0v) is 12.4. The summed E-state index contributed by atoms with van der Waals surface area (Å²) in [6.07, 6.45) is 1.55.